The van der Waals surface area contributed by atoms with E-state index >= 15 is 0 Å². The number of hydrogen-bond donors (Lipinski definition) is 1. The average Bonchev–Trinajstić information content (AvgIpc) is 2.81. The number of rotatable bonds is 3. The van der Waals surface area contributed by atoms with E-state index in [9.17, 15) is 0 Å². The van der Waals surface area contributed by atoms with Gasteiger partial charge in [-0.1, -0.05) is 34.1 Å². The van der Waals surface area contributed by atoms with Gasteiger partial charge in [0.05, 0.1) is 5.69 Å². The first-order valence-corrected chi connectivity index (χ1v) is 9.24. The molecule has 0 amide bonds. The normalized spacial score (nSPS) is 10.9. The molecule has 102 valence electrons. The Hall–Kier alpha value is -0.360. The van der Waals surface area contributed by atoms with Gasteiger partial charge in [-0.25, -0.2) is 0 Å². The van der Waals surface area contributed by atoms with Crippen molar-refractivity contribution in [2.75, 3.05) is 5.32 Å². The van der Waals surface area contributed by atoms with Gasteiger partial charge >= 0.3 is 0 Å². The highest BCUT2D eigenvalue weighted by Gasteiger charge is 2.08. The van der Waals surface area contributed by atoms with Crippen LogP contribution in [0.3, 0.4) is 0 Å². The monoisotopic (exact) mass is 473 g/mol. The minimum atomic E-state index is 0.808. The lowest BCUT2D eigenvalue weighted by atomic mass is 10.2. The van der Waals surface area contributed by atoms with Crippen LogP contribution in [0, 0.1) is 0 Å². The van der Waals surface area contributed by atoms with Gasteiger partial charge < -0.3 is 5.32 Å². The maximum absolute atomic E-state index is 3.59. The smallest absolute Gasteiger partial charge is 0.0632 e. The molecule has 0 aliphatic carbocycles. The van der Waals surface area contributed by atoms with E-state index in [2.05, 4.69) is 82.8 Å². The highest BCUT2D eigenvalue weighted by molar-refractivity contribution is 9.11. The Morgan fingerprint density at radius 3 is 2.45 bits per heavy atom. The molecule has 3 rings (SSSR count). The summed E-state index contributed by atoms with van der Waals surface area (Å²) in [4.78, 5) is 0. The molecule has 0 aliphatic heterocycles. The van der Waals surface area contributed by atoms with Crippen LogP contribution in [0.25, 0.3) is 10.1 Å². The van der Waals surface area contributed by atoms with Gasteiger partial charge in [0.2, 0.25) is 0 Å². The minimum absolute atomic E-state index is 0.808. The van der Waals surface area contributed by atoms with Crippen LogP contribution in [0.2, 0.25) is 0 Å². The van der Waals surface area contributed by atoms with Gasteiger partial charge in [-0.2, -0.15) is 0 Å². The first kappa shape index (κ1) is 14.6. The molecule has 0 spiro atoms. The highest BCUT2D eigenvalue weighted by atomic mass is 79.9. The van der Waals surface area contributed by atoms with Crippen molar-refractivity contribution in [1.82, 2.24) is 0 Å². The van der Waals surface area contributed by atoms with E-state index in [1.54, 1.807) is 11.3 Å². The molecule has 1 aromatic heterocycles. The second kappa shape index (κ2) is 6.18. The third-order valence-corrected chi connectivity index (χ3v) is 5.74. The number of thiophene rings is 1. The molecule has 0 unspecified atom stereocenters. The van der Waals surface area contributed by atoms with Crippen molar-refractivity contribution < 1.29 is 0 Å². The Morgan fingerprint density at radius 2 is 1.70 bits per heavy atom. The maximum Gasteiger partial charge on any atom is 0.0632 e. The summed E-state index contributed by atoms with van der Waals surface area (Å²) in [5.74, 6) is 0. The van der Waals surface area contributed by atoms with Crippen molar-refractivity contribution >= 4 is 74.9 Å². The van der Waals surface area contributed by atoms with E-state index in [0.29, 0.717) is 0 Å². The lowest BCUT2D eigenvalue weighted by molar-refractivity contribution is 1.17. The van der Waals surface area contributed by atoms with E-state index < -0.39 is 0 Å². The SMILES string of the molecule is Brc1cc(Br)c(NCc2csc3ccccc23)c(Br)c1. The summed E-state index contributed by atoms with van der Waals surface area (Å²) in [6, 6.07) is 12.6. The highest BCUT2D eigenvalue weighted by Crippen LogP contribution is 2.35. The van der Waals surface area contributed by atoms with Gasteiger partial charge in [0.25, 0.3) is 0 Å². The van der Waals surface area contributed by atoms with Gasteiger partial charge in [-0.05, 0) is 66.4 Å². The van der Waals surface area contributed by atoms with E-state index in [1.807, 2.05) is 12.1 Å². The summed E-state index contributed by atoms with van der Waals surface area (Å²) in [7, 11) is 0. The Kier molecular flexibility index (Phi) is 4.50. The fraction of sp³-hybridized carbons (Fsp3) is 0.0667. The average molecular weight is 476 g/mol. The van der Waals surface area contributed by atoms with E-state index in [0.717, 1.165) is 25.7 Å². The zero-order valence-corrected chi connectivity index (χ0v) is 15.9. The van der Waals surface area contributed by atoms with Crippen LogP contribution >= 0.6 is 59.1 Å². The standard InChI is InChI=1S/C15H10Br3NS/c16-10-5-12(17)15(13(18)6-10)19-7-9-8-20-14-4-2-1-3-11(9)14/h1-6,8,19H,7H2. The Labute approximate surface area is 146 Å². The van der Waals surface area contributed by atoms with Crippen molar-refractivity contribution in [2.45, 2.75) is 6.54 Å². The van der Waals surface area contributed by atoms with Crippen molar-refractivity contribution in [3.63, 3.8) is 0 Å². The number of anilines is 1. The number of nitrogens with one attached hydrogen (secondary N) is 1. The third-order valence-electron chi connectivity index (χ3n) is 3.02. The Balaban J connectivity index is 1.87. The third kappa shape index (κ3) is 2.96. The number of hydrogen-bond acceptors (Lipinski definition) is 2. The van der Waals surface area contributed by atoms with Gasteiger partial charge in [0.1, 0.15) is 0 Å². The minimum Gasteiger partial charge on any atom is -0.379 e. The van der Waals surface area contributed by atoms with Gasteiger partial charge in [-0.3, -0.25) is 0 Å². The zero-order chi connectivity index (χ0) is 14.1. The summed E-state index contributed by atoms with van der Waals surface area (Å²) in [5, 5.41) is 7.04. The van der Waals surface area contributed by atoms with Crippen molar-refractivity contribution in [3.8, 4) is 0 Å². The van der Waals surface area contributed by atoms with Crippen molar-refractivity contribution in [2.24, 2.45) is 0 Å². The molecule has 0 saturated heterocycles. The van der Waals surface area contributed by atoms with E-state index in [4.69, 9.17) is 0 Å². The topological polar surface area (TPSA) is 12.0 Å². The van der Waals surface area contributed by atoms with Crippen LogP contribution in [0.5, 0.6) is 0 Å². The second-order valence-electron chi connectivity index (χ2n) is 4.36. The van der Waals surface area contributed by atoms with Gasteiger partial charge in [-0.15, -0.1) is 11.3 Å². The summed E-state index contributed by atoms with van der Waals surface area (Å²) in [6.07, 6.45) is 0. The Bertz CT molecular complexity index is 744. The van der Waals surface area contributed by atoms with E-state index in [-0.39, 0.29) is 0 Å². The summed E-state index contributed by atoms with van der Waals surface area (Å²) < 4.78 is 4.46. The van der Waals surface area contributed by atoms with Gasteiger partial charge in [0.15, 0.2) is 0 Å². The molecule has 3 aromatic rings. The molecule has 5 heteroatoms. The summed E-state index contributed by atoms with van der Waals surface area (Å²) in [6.45, 7) is 0.808. The molecular formula is C15H10Br3NS. The molecule has 20 heavy (non-hydrogen) atoms. The summed E-state index contributed by atoms with van der Waals surface area (Å²) >= 11 is 12.5. The van der Waals surface area contributed by atoms with Crippen molar-refractivity contribution in [1.29, 1.82) is 0 Å². The zero-order valence-electron chi connectivity index (χ0n) is 10.3. The maximum atomic E-state index is 3.59. The van der Waals surface area contributed by atoms with Crippen LogP contribution in [-0.4, -0.2) is 0 Å². The lowest BCUT2D eigenvalue weighted by Crippen LogP contribution is -2.00. The molecule has 0 radical (unpaired) electrons. The number of halogens is 3. The van der Waals surface area contributed by atoms with Crippen LogP contribution in [0.1, 0.15) is 5.56 Å². The molecule has 0 atom stereocenters. The van der Waals surface area contributed by atoms with Crippen molar-refractivity contribution in [3.05, 3.63) is 60.8 Å². The molecule has 1 N–H and O–H groups in total. The number of benzene rings is 2. The van der Waals surface area contributed by atoms with Crippen LogP contribution in [0.15, 0.2) is 55.2 Å². The Morgan fingerprint density at radius 1 is 1.00 bits per heavy atom. The fourth-order valence-electron chi connectivity index (χ4n) is 2.06. The largest absolute Gasteiger partial charge is 0.379 e. The van der Waals surface area contributed by atoms with E-state index in [1.165, 1.54) is 15.6 Å². The van der Waals surface area contributed by atoms with Crippen LogP contribution < -0.4 is 5.32 Å². The van der Waals surface area contributed by atoms with Gasteiger partial charge in [0, 0.05) is 24.7 Å². The quantitative estimate of drug-likeness (QED) is 0.439. The predicted octanol–water partition coefficient (Wildman–Crippen LogP) is 6.80. The predicted molar refractivity (Wildman–Crippen MR) is 98.7 cm³/mol. The number of fused-ring (bicyclic) bond motifs is 1. The summed E-state index contributed by atoms with van der Waals surface area (Å²) in [5.41, 5.74) is 2.40. The molecular weight excluding hydrogens is 466 g/mol. The van der Waals surface area contributed by atoms with Crippen LogP contribution in [-0.2, 0) is 6.54 Å². The second-order valence-corrected chi connectivity index (χ2v) is 7.89. The fourth-order valence-corrected chi connectivity index (χ4v) is 5.57. The molecule has 0 fully saturated rings. The molecule has 2 aromatic carbocycles. The first-order valence-electron chi connectivity index (χ1n) is 5.98. The van der Waals surface area contributed by atoms with Crippen LogP contribution in [0.4, 0.5) is 5.69 Å². The molecule has 0 saturated carbocycles. The molecule has 1 heterocycles. The molecule has 1 nitrogen and oxygen atoms in total. The molecule has 0 bridgehead atoms. The lowest BCUT2D eigenvalue weighted by Gasteiger charge is -2.11. The first-order chi connectivity index (χ1) is 9.65. The molecule has 0 aliphatic rings.